The van der Waals surface area contributed by atoms with E-state index in [0.29, 0.717) is 57.4 Å². The van der Waals surface area contributed by atoms with Gasteiger partial charge in [-0.05, 0) is 133 Å². The Labute approximate surface area is 522 Å². The minimum Gasteiger partial charge on any atom is -0.497 e. The second-order valence-electron chi connectivity index (χ2n) is 26.7. The number of carbonyl (C=O) groups excluding carboxylic acids is 5. The van der Waals surface area contributed by atoms with Gasteiger partial charge in [-0.3, -0.25) is 9.59 Å². The van der Waals surface area contributed by atoms with Crippen molar-refractivity contribution in [2.75, 3.05) is 40.0 Å². The van der Waals surface area contributed by atoms with Crippen molar-refractivity contribution < 1.29 is 87.0 Å². The van der Waals surface area contributed by atoms with E-state index in [-0.39, 0.29) is 65.5 Å². The van der Waals surface area contributed by atoms with Crippen LogP contribution in [-0.2, 0) is 47.5 Å². The Hall–Kier alpha value is -5.97. The van der Waals surface area contributed by atoms with Gasteiger partial charge in [-0.2, -0.15) is 0 Å². The number of Topliss-reactive ketones (excluding diaryl/α,β-unsaturated/α-hetero) is 1. The van der Waals surface area contributed by atoms with Gasteiger partial charge < -0.3 is 73.7 Å². The Morgan fingerprint density at radius 2 is 1.36 bits per heavy atom. The van der Waals surface area contributed by atoms with Crippen molar-refractivity contribution in [1.29, 1.82) is 0 Å². The Morgan fingerprint density at radius 1 is 0.719 bits per heavy atom. The highest BCUT2D eigenvalue weighted by molar-refractivity contribution is 5.89. The molecule has 2 saturated heterocycles. The highest BCUT2D eigenvalue weighted by Gasteiger charge is 2.71. The van der Waals surface area contributed by atoms with Gasteiger partial charge in [-0.1, -0.05) is 108 Å². The predicted octanol–water partition coefficient (Wildman–Crippen LogP) is 8.86. The van der Waals surface area contributed by atoms with Gasteiger partial charge in [-0.25, -0.2) is 14.4 Å². The lowest BCUT2D eigenvalue weighted by Crippen LogP contribution is -2.64. The van der Waals surface area contributed by atoms with Gasteiger partial charge in [0.1, 0.15) is 54.3 Å². The third kappa shape index (κ3) is 13.8. The number of methoxy groups -OCH3 is 1. The molecule has 0 radical (unpaired) electrons. The maximum atomic E-state index is 14.4. The summed E-state index contributed by atoms with van der Waals surface area (Å²) in [4.78, 5) is 66.8. The van der Waals surface area contributed by atoms with Crippen LogP contribution in [0, 0.1) is 40.4 Å². The average molecular weight is 1240 g/mol. The second kappa shape index (κ2) is 28.3. The number of allylic oxidation sites excluding steroid dienone is 1. The number of ketones is 1. The summed E-state index contributed by atoms with van der Waals surface area (Å²) in [5, 5.41) is 53.0. The highest BCUT2D eigenvalue weighted by atomic mass is 16.8. The lowest BCUT2D eigenvalue weighted by atomic mass is 9.46. The number of alkyl carbamates (subject to hydrolysis) is 2. The maximum Gasteiger partial charge on any atom is 0.407 e. The van der Waals surface area contributed by atoms with Crippen LogP contribution in [-0.4, -0.2) is 157 Å². The summed E-state index contributed by atoms with van der Waals surface area (Å²) in [5.74, 6) is -1.74. The first kappa shape index (κ1) is 66.0. The molecule has 0 bridgehead atoms. The van der Waals surface area contributed by atoms with E-state index in [1.807, 2.05) is 38.1 Å². The fraction of sp³-hybridized carbons (Fsp3) is 0.638. The molecule has 0 aromatic heterocycles. The predicted molar refractivity (Wildman–Crippen MR) is 325 cm³/mol. The van der Waals surface area contributed by atoms with E-state index >= 15 is 0 Å². The van der Waals surface area contributed by atoms with E-state index in [1.165, 1.54) is 54.0 Å². The van der Waals surface area contributed by atoms with Gasteiger partial charge in [0.05, 0.1) is 32.0 Å². The molecule has 89 heavy (non-hydrogen) atoms. The molecular formula is C69H92N2O18. The van der Waals surface area contributed by atoms with Crippen LogP contribution < -0.4 is 15.4 Å². The summed E-state index contributed by atoms with van der Waals surface area (Å²) in [6.45, 7) is 11.9. The van der Waals surface area contributed by atoms with E-state index in [1.54, 1.807) is 19.1 Å². The Bertz CT molecular complexity index is 2960. The summed E-state index contributed by atoms with van der Waals surface area (Å²) in [6, 6.07) is 22.5. The van der Waals surface area contributed by atoms with Gasteiger partial charge in [0.2, 0.25) is 0 Å². The first-order valence-corrected chi connectivity index (χ1v) is 32.2. The molecule has 3 aromatic rings. The second-order valence-corrected chi connectivity index (χ2v) is 26.7. The molecule has 2 amide bonds. The fourth-order valence-electron chi connectivity index (χ4n) is 16.0. The Balaban J connectivity index is 0.750. The Kier molecular flexibility index (Phi) is 21.0. The average Bonchev–Trinajstić information content (AvgIpc) is 1.60. The normalized spacial score (nSPS) is 33.2. The van der Waals surface area contributed by atoms with E-state index in [9.17, 15) is 44.4 Å². The number of rotatable bonds is 23. The summed E-state index contributed by atoms with van der Waals surface area (Å²) in [5.41, 5.74) is 3.29. The quantitative estimate of drug-likeness (QED) is 0.0224. The van der Waals surface area contributed by atoms with Crippen LogP contribution in [0.1, 0.15) is 152 Å². The molecule has 1 unspecified atom stereocenters. The molecule has 3 aromatic carbocycles. The zero-order valence-electron chi connectivity index (χ0n) is 52.5. The van der Waals surface area contributed by atoms with Crippen molar-refractivity contribution >= 4 is 29.9 Å². The molecule has 20 nitrogen and oxygen atoms in total. The number of nitrogens with one attached hydrogen (secondary N) is 2. The monoisotopic (exact) mass is 1240 g/mol. The largest absolute Gasteiger partial charge is 0.497 e. The van der Waals surface area contributed by atoms with Crippen LogP contribution in [0.25, 0.3) is 11.1 Å². The van der Waals surface area contributed by atoms with E-state index in [2.05, 4.69) is 54.8 Å². The van der Waals surface area contributed by atoms with Crippen molar-refractivity contribution in [3.05, 3.63) is 101 Å². The van der Waals surface area contributed by atoms with Crippen LogP contribution in [0.5, 0.6) is 5.75 Å². The molecule has 17 atom stereocenters. The minimum absolute atomic E-state index is 0.00225. The van der Waals surface area contributed by atoms with Crippen LogP contribution >= 0.6 is 0 Å². The summed E-state index contributed by atoms with van der Waals surface area (Å²) >= 11 is 0. The molecule has 3 saturated carbocycles. The van der Waals surface area contributed by atoms with E-state index in [0.717, 1.165) is 38.5 Å². The SMILES string of the molecule is COc1ccc(C(=O)O[C@H]2[C@H](O[C@@H]3[C@@H](OC(C)=O)[C@H](O[C@H]4C[C@H]5[C@@H]6CC=C7C[C@@H](OC(=O)NCCCCCCNC(=O)OCC8c9ccccc9-c9ccccc98)CC[C@]7(C)C6CC[C@]5(C)[C@@]4(O)[C@H](C)C(=O)CCC(C)C)OC[C@@H]3O)OC[C@@H](O)[C@@H]2O)cc1. The minimum atomic E-state index is -1.74. The highest BCUT2D eigenvalue weighted by Crippen LogP contribution is 2.69. The van der Waals surface area contributed by atoms with Gasteiger partial charge in [0, 0.05) is 50.1 Å². The number of esters is 2. The third-order valence-corrected chi connectivity index (χ3v) is 21.0. The van der Waals surface area contributed by atoms with Crippen LogP contribution in [0.15, 0.2) is 84.4 Å². The van der Waals surface area contributed by atoms with E-state index in [4.69, 9.17) is 42.6 Å². The molecule has 7 aliphatic rings. The smallest absolute Gasteiger partial charge is 0.407 e. The van der Waals surface area contributed by atoms with Gasteiger partial charge in [0.25, 0.3) is 0 Å². The molecule has 5 fully saturated rings. The number of carbonyl (C=O) groups is 5. The molecule has 2 heterocycles. The molecule has 2 aliphatic heterocycles. The number of aliphatic hydroxyl groups excluding tert-OH is 3. The number of ether oxygens (including phenoxy) is 9. The first-order chi connectivity index (χ1) is 42.6. The van der Waals surface area contributed by atoms with Crippen molar-refractivity contribution in [2.45, 2.75) is 198 Å². The van der Waals surface area contributed by atoms with Gasteiger partial charge in [0.15, 0.2) is 24.8 Å². The number of hydrogen-bond donors (Lipinski definition) is 6. The molecule has 5 aliphatic carbocycles. The Morgan fingerprint density at radius 3 is 2.01 bits per heavy atom. The number of unbranched alkanes of at least 4 members (excludes halogenated alkanes) is 3. The van der Waals surface area contributed by atoms with Crippen molar-refractivity contribution in [1.82, 2.24) is 10.6 Å². The number of hydrogen-bond acceptors (Lipinski definition) is 18. The van der Waals surface area contributed by atoms with Crippen molar-refractivity contribution in [3.63, 3.8) is 0 Å². The van der Waals surface area contributed by atoms with Crippen LogP contribution in [0.3, 0.4) is 0 Å². The molecule has 20 heteroatoms. The standard InChI is InChI=1S/C69H92N2O18/c1-39(2)20-27-54(73)40(3)69(80)57(87-64-61(85-41(4)72)59(56(75)38-83-64)89-63-60(58(76)55(74)37-82-63)88-62(77)42-21-24-44(81-7)25-22-42)35-53-50-26-23-43-34-45(28-30-67(43,5)52(50)29-31-68(53,69)6)86-66(79)71-33-15-9-8-14-32-70-65(78)84-36-51-48-18-12-10-16-46(48)47-17-11-13-19-49(47)51/h10-13,16-19,21-25,39-40,45,50-53,55-61,63-64,74-76,80H,8-9,14-15,20,26-38H2,1-7H3,(H,70,78)(H,71,79)/t40-,45+,50-,52?,53+,55-,56+,57+,58+,59+,60-,61-,63+,64+,67+,68+,69-/m1/s1. The topological polar surface area (TPSA) is 273 Å². The molecular weight excluding hydrogens is 1140 g/mol. The number of aliphatic hydroxyl groups is 4. The van der Waals surface area contributed by atoms with Crippen LogP contribution in [0.4, 0.5) is 9.59 Å². The molecule has 0 spiro atoms. The summed E-state index contributed by atoms with van der Waals surface area (Å²) < 4.78 is 53.9. The lowest BCUT2D eigenvalue weighted by Gasteiger charge is -2.59. The zero-order chi connectivity index (χ0) is 63.4. The van der Waals surface area contributed by atoms with Gasteiger partial charge in [-0.15, -0.1) is 0 Å². The molecule has 486 valence electrons. The van der Waals surface area contributed by atoms with Crippen molar-refractivity contribution in [3.8, 4) is 16.9 Å². The number of benzene rings is 3. The first-order valence-electron chi connectivity index (χ1n) is 32.2. The summed E-state index contributed by atoms with van der Waals surface area (Å²) in [7, 11) is 1.48. The number of fused-ring (bicyclic) bond motifs is 8. The van der Waals surface area contributed by atoms with Crippen LogP contribution in [0.2, 0.25) is 0 Å². The molecule has 6 N–H and O–H groups in total. The summed E-state index contributed by atoms with van der Waals surface area (Å²) in [6.07, 6.45) is -3.50. The molecule has 10 rings (SSSR count). The third-order valence-electron chi connectivity index (χ3n) is 21.0. The maximum absolute atomic E-state index is 14.4. The number of amides is 2. The van der Waals surface area contributed by atoms with Gasteiger partial charge >= 0.3 is 24.1 Å². The van der Waals surface area contributed by atoms with Crippen molar-refractivity contribution in [2.24, 2.45) is 40.4 Å². The van der Waals surface area contributed by atoms with E-state index < -0.39 is 110 Å². The fourth-order valence-corrected chi connectivity index (χ4v) is 16.0. The lowest BCUT2D eigenvalue weighted by molar-refractivity contribution is -0.345. The zero-order valence-corrected chi connectivity index (χ0v) is 52.5.